The number of hydrazone groups is 1. The number of hydrogen-bond donors (Lipinski definition) is 0. The molecule has 7 heteroatoms. The molecule has 0 saturated carbocycles. The van der Waals surface area contributed by atoms with Gasteiger partial charge >= 0.3 is 6.18 Å². The largest absolute Gasteiger partial charge is 0.389 e. The molecular formula is C24H26F4N2O. The zero-order chi connectivity index (χ0) is 22.6. The Bertz CT molecular complexity index is 921. The van der Waals surface area contributed by atoms with Crippen LogP contribution in [0.3, 0.4) is 0 Å². The van der Waals surface area contributed by atoms with E-state index in [0.717, 1.165) is 11.1 Å². The average molecular weight is 434 g/mol. The van der Waals surface area contributed by atoms with Crippen LogP contribution in [0.4, 0.5) is 17.6 Å². The van der Waals surface area contributed by atoms with Crippen molar-refractivity contribution in [3.05, 3.63) is 71.5 Å². The molecule has 0 aliphatic carbocycles. The van der Waals surface area contributed by atoms with E-state index < -0.39 is 18.0 Å². The van der Waals surface area contributed by atoms with Gasteiger partial charge in [0, 0.05) is 25.8 Å². The first-order chi connectivity index (χ1) is 14.5. The second-order valence-electron chi connectivity index (χ2n) is 8.55. The second kappa shape index (κ2) is 9.20. The topological polar surface area (TPSA) is 32.7 Å². The highest BCUT2D eigenvalue weighted by atomic mass is 19.4. The minimum Gasteiger partial charge on any atom is -0.293 e. The molecule has 1 atom stereocenters. The van der Waals surface area contributed by atoms with Gasteiger partial charge in [0.25, 0.3) is 0 Å². The van der Waals surface area contributed by atoms with Crippen LogP contribution < -0.4 is 0 Å². The van der Waals surface area contributed by atoms with E-state index in [2.05, 4.69) is 5.10 Å². The molecule has 0 saturated heterocycles. The van der Waals surface area contributed by atoms with Gasteiger partial charge in [0.05, 0.1) is 6.04 Å². The van der Waals surface area contributed by atoms with Crippen LogP contribution in [0.15, 0.2) is 59.7 Å². The molecule has 1 unspecified atom stereocenters. The van der Waals surface area contributed by atoms with Gasteiger partial charge in [-0.3, -0.25) is 9.80 Å². The predicted octanol–water partition coefficient (Wildman–Crippen LogP) is 6.21. The van der Waals surface area contributed by atoms with Gasteiger partial charge in [0.1, 0.15) is 11.5 Å². The van der Waals surface area contributed by atoms with Gasteiger partial charge in [-0.1, -0.05) is 56.3 Å². The van der Waals surface area contributed by atoms with Crippen LogP contribution in [0.2, 0.25) is 0 Å². The molecule has 31 heavy (non-hydrogen) atoms. The number of ketones is 1. The lowest BCUT2D eigenvalue weighted by Gasteiger charge is -2.24. The first-order valence-electron chi connectivity index (χ1n) is 10.3. The van der Waals surface area contributed by atoms with Crippen molar-refractivity contribution in [2.45, 2.75) is 57.2 Å². The second-order valence-corrected chi connectivity index (χ2v) is 8.55. The van der Waals surface area contributed by atoms with E-state index in [9.17, 15) is 22.4 Å². The number of halogens is 4. The summed E-state index contributed by atoms with van der Waals surface area (Å²) in [7, 11) is 0. The van der Waals surface area contributed by atoms with Crippen LogP contribution in [0.5, 0.6) is 0 Å². The van der Waals surface area contributed by atoms with Crippen molar-refractivity contribution in [1.29, 1.82) is 0 Å². The molecule has 1 aliphatic heterocycles. The van der Waals surface area contributed by atoms with Crippen molar-refractivity contribution in [3.63, 3.8) is 0 Å². The summed E-state index contributed by atoms with van der Waals surface area (Å²) in [5.41, 5.74) is 1.59. The number of benzene rings is 2. The number of nitrogens with zero attached hydrogens (tertiary/aromatic N) is 2. The van der Waals surface area contributed by atoms with E-state index in [-0.39, 0.29) is 37.0 Å². The Kier molecular flexibility index (Phi) is 6.82. The monoisotopic (exact) mass is 434 g/mol. The molecule has 0 bridgehead atoms. The molecule has 166 valence electrons. The van der Waals surface area contributed by atoms with Gasteiger partial charge in [-0.05, 0) is 35.1 Å². The molecule has 3 nitrogen and oxygen atoms in total. The molecule has 1 aliphatic rings. The highest BCUT2D eigenvalue weighted by molar-refractivity contribution is 6.40. The van der Waals surface area contributed by atoms with Crippen LogP contribution in [-0.2, 0) is 10.2 Å². The van der Waals surface area contributed by atoms with Crippen molar-refractivity contribution in [1.82, 2.24) is 5.01 Å². The Balaban J connectivity index is 1.74. The fraction of sp³-hybridized carbons (Fsp3) is 0.417. The predicted molar refractivity (Wildman–Crippen MR) is 112 cm³/mol. The van der Waals surface area contributed by atoms with Crippen molar-refractivity contribution >= 4 is 11.5 Å². The summed E-state index contributed by atoms with van der Waals surface area (Å²) >= 11 is 0. The normalized spacial score (nSPS) is 17.0. The number of alkyl halides is 3. The number of hydrogen-bond acceptors (Lipinski definition) is 3. The Morgan fingerprint density at radius 2 is 1.71 bits per heavy atom. The Morgan fingerprint density at radius 1 is 1.06 bits per heavy atom. The fourth-order valence-corrected chi connectivity index (χ4v) is 3.84. The standard InChI is InChI=1S/C24H26F4N2O/c1-23(2,18-9-11-19(25)12-10-18)16-22(31)20-15-21(17-7-4-3-5-8-17)30(29-20)14-6-13-24(26,27)28/h3-5,7-12,21H,6,13-16H2,1-2H3. The van der Waals surface area contributed by atoms with Gasteiger partial charge in [-0.15, -0.1) is 0 Å². The van der Waals surface area contributed by atoms with Crippen LogP contribution >= 0.6 is 0 Å². The van der Waals surface area contributed by atoms with Gasteiger partial charge in [-0.25, -0.2) is 4.39 Å². The third-order valence-electron chi connectivity index (χ3n) is 5.58. The molecular weight excluding hydrogens is 408 g/mol. The lowest BCUT2D eigenvalue weighted by Crippen LogP contribution is -2.26. The third-order valence-corrected chi connectivity index (χ3v) is 5.58. The maximum Gasteiger partial charge on any atom is 0.389 e. The molecule has 0 radical (unpaired) electrons. The van der Waals surface area contributed by atoms with Crippen molar-refractivity contribution in [3.8, 4) is 0 Å². The highest BCUT2D eigenvalue weighted by Crippen LogP contribution is 2.34. The lowest BCUT2D eigenvalue weighted by atomic mass is 9.79. The van der Waals surface area contributed by atoms with Crippen molar-refractivity contribution in [2.24, 2.45) is 5.10 Å². The van der Waals surface area contributed by atoms with E-state index in [0.29, 0.717) is 12.1 Å². The van der Waals surface area contributed by atoms with Gasteiger partial charge in [0.15, 0.2) is 5.78 Å². The number of rotatable bonds is 8. The first kappa shape index (κ1) is 23.0. The van der Waals surface area contributed by atoms with E-state index in [1.807, 2.05) is 44.2 Å². The zero-order valence-corrected chi connectivity index (χ0v) is 17.6. The molecule has 1 heterocycles. The lowest BCUT2D eigenvalue weighted by molar-refractivity contribution is -0.136. The summed E-state index contributed by atoms with van der Waals surface area (Å²) in [6, 6.07) is 15.2. The number of carbonyl (C=O) groups excluding carboxylic acids is 1. The Morgan fingerprint density at radius 3 is 2.32 bits per heavy atom. The summed E-state index contributed by atoms with van der Waals surface area (Å²) in [4.78, 5) is 13.0. The van der Waals surface area contributed by atoms with E-state index >= 15 is 0 Å². The van der Waals surface area contributed by atoms with Gasteiger partial charge < -0.3 is 0 Å². The van der Waals surface area contributed by atoms with Crippen LogP contribution in [0, 0.1) is 5.82 Å². The summed E-state index contributed by atoms with van der Waals surface area (Å²) < 4.78 is 51.0. The minimum absolute atomic E-state index is 0.0844. The van der Waals surface area contributed by atoms with Crippen molar-refractivity contribution < 1.29 is 22.4 Å². The van der Waals surface area contributed by atoms with Crippen LogP contribution in [0.1, 0.15) is 56.7 Å². The average Bonchev–Trinajstić information content (AvgIpc) is 3.12. The molecule has 3 rings (SSSR count). The van der Waals surface area contributed by atoms with Gasteiger partial charge in [-0.2, -0.15) is 18.3 Å². The molecule has 0 N–H and O–H groups in total. The fourth-order valence-electron chi connectivity index (χ4n) is 3.84. The first-order valence-corrected chi connectivity index (χ1v) is 10.3. The van der Waals surface area contributed by atoms with Crippen LogP contribution in [-0.4, -0.2) is 29.2 Å². The molecule has 2 aromatic rings. The Hall–Kier alpha value is -2.70. The number of Topliss-reactive ketones (excluding diaryl/α,β-unsaturated/α-hetero) is 1. The maximum absolute atomic E-state index is 13.2. The highest BCUT2D eigenvalue weighted by Gasteiger charge is 2.35. The molecule has 0 aromatic heterocycles. The smallest absolute Gasteiger partial charge is 0.293 e. The summed E-state index contributed by atoms with van der Waals surface area (Å²) in [5, 5.41) is 6.04. The maximum atomic E-state index is 13.2. The molecule has 0 spiro atoms. The van der Waals surface area contributed by atoms with Crippen molar-refractivity contribution in [2.75, 3.05) is 6.54 Å². The SMILES string of the molecule is CC(C)(CC(=O)C1=NN(CCCC(F)(F)F)C(c2ccccc2)C1)c1ccc(F)cc1. The summed E-state index contributed by atoms with van der Waals surface area (Å²) in [6.07, 6.45) is -4.66. The third kappa shape index (κ3) is 6.15. The zero-order valence-electron chi connectivity index (χ0n) is 17.6. The van der Waals surface area contributed by atoms with E-state index in [1.165, 1.54) is 12.1 Å². The van der Waals surface area contributed by atoms with Crippen LogP contribution in [0.25, 0.3) is 0 Å². The summed E-state index contributed by atoms with van der Waals surface area (Å²) in [6.45, 7) is 3.93. The molecule has 0 fully saturated rings. The number of carbonyl (C=O) groups is 1. The van der Waals surface area contributed by atoms with E-state index in [1.54, 1.807) is 17.1 Å². The Labute approximate surface area is 179 Å². The summed E-state index contributed by atoms with van der Waals surface area (Å²) in [5.74, 6) is -0.486. The quantitative estimate of drug-likeness (QED) is 0.463. The van der Waals surface area contributed by atoms with E-state index in [4.69, 9.17) is 0 Å². The minimum atomic E-state index is -4.22. The molecule has 0 amide bonds. The molecule has 2 aromatic carbocycles. The van der Waals surface area contributed by atoms with Gasteiger partial charge in [0.2, 0.25) is 0 Å².